The molecule has 3 heterocycles. The van der Waals surface area contributed by atoms with E-state index >= 15 is 0 Å². The van der Waals surface area contributed by atoms with Gasteiger partial charge in [-0.3, -0.25) is 0 Å². The number of anilines is 1. The maximum absolute atomic E-state index is 6.04. The molecule has 0 unspecified atom stereocenters. The smallest absolute Gasteiger partial charge is 0.225 e. The van der Waals surface area contributed by atoms with Gasteiger partial charge in [-0.25, -0.2) is 9.67 Å². The number of aryl methyl sites for hydroxylation is 1. The molecule has 3 aromatic heterocycles. The number of hydrogen-bond acceptors (Lipinski definition) is 5. The van der Waals surface area contributed by atoms with Crippen LogP contribution in [-0.4, -0.2) is 26.8 Å². The van der Waals surface area contributed by atoms with Crippen LogP contribution < -0.4 is 5.32 Å². The van der Waals surface area contributed by atoms with Crippen LogP contribution in [0.3, 0.4) is 0 Å². The predicted molar refractivity (Wildman–Crippen MR) is 73.8 cm³/mol. The third-order valence-electron chi connectivity index (χ3n) is 2.58. The van der Waals surface area contributed by atoms with Crippen molar-refractivity contribution in [3.63, 3.8) is 0 Å². The molecule has 0 fully saturated rings. The van der Waals surface area contributed by atoms with Crippen LogP contribution in [0.15, 0.2) is 17.6 Å². The molecule has 1 N–H and O–H groups in total. The van der Waals surface area contributed by atoms with Crippen LogP contribution in [-0.2, 0) is 0 Å². The first-order valence-electron chi connectivity index (χ1n) is 5.34. The van der Waals surface area contributed by atoms with Crippen LogP contribution in [0.25, 0.3) is 16.0 Å². The van der Waals surface area contributed by atoms with Gasteiger partial charge in [0, 0.05) is 7.05 Å². The highest BCUT2D eigenvalue weighted by atomic mass is 35.5. The average Bonchev–Trinajstić information content (AvgIpc) is 2.95. The lowest BCUT2D eigenvalue weighted by Crippen LogP contribution is -2.04. The molecule has 0 saturated heterocycles. The molecule has 0 amide bonds. The van der Waals surface area contributed by atoms with E-state index < -0.39 is 0 Å². The molecule has 0 saturated carbocycles. The summed E-state index contributed by atoms with van der Waals surface area (Å²) in [5, 5.41) is 10.9. The van der Waals surface area contributed by atoms with E-state index in [4.69, 9.17) is 11.6 Å². The number of fused-ring (bicyclic) bond motifs is 1. The van der Waals surface area contributed by atoms with Crippen LogP contribution in [0.2, 0.25) is 5.02 Å². The van der Waals surface area contributed by atoms with Crippen molar-refractivity contribution in [3.05, 3.63) is 28.4 Å². The third kappa shape index (κ3) is 1.74. The van der Waals surface area contributed by atoms with Gasteiger partial charge in [-0.15, -0.1) is 11.3 Å². The van der Waals surface area contributed by atoms with Gasteiger partial charge in [0.15, 0.2) is 5.82 Å². The fourth-order valence-corrected chi connectivity index (χ4v) is 2.56. The largest absolute Gasteiger partial charge is 0.357 e. The molecule has 0 aliphatic heterocycles. The summed E-state index contributed by atoms with van der Waals surface area (Å²) in [5.41, 5.74) is 0.782. The van der Waals surface area contributed by atoms with Crippen LogP contribution in [0, 0.1) is 6.92 Å². The second-order valence-corrected chi connectivity index (χ2v) is 5.07. The zero-order valence-electron chi connectivity index (χ0n) is 9.81. The third-order valence-corrected chi connectivity index (χ3v) is 3.76. The lowest BCUT2D eigenvalue weighted by atomic mass is 10.4. The minimum atomic E-state index is 0.573. The minimum absolute atomic E-state index is 0.573. The maximum atomic E-state index is 6.04. The standard InChI is InChI=1S/C11H10ClN5S/c1-6-8(12)5-17(16-6)9-7-3-4-18-10(7)15-11(13-2)14-9/h3-5H,1-2H3,(H,13,14,15). The van der Waals surface area contributed by atoms with Gasteiger partial charge in [0.25, 0.3) is 0 Å². The van der Waals surface area contributed by atoms with Crippen LogP contribution >= 0.6 is 22.9 Å². The SMILES string of the molecule is CNc1nc(-n2cc(Cl)c(C)n2)c2ccsc2n1. The number of halogens is 1. The summed E-state index contributed by atoms with van der Waals surface area (Å²) < 4.78 is 1.69. The first kappa shape index (κ1) is 11.4. The normalized spacial score (nSPS) is 11.1. The average molecular weight is 280 g/mol. The van der Waals surface area contributed by atoms with Gasteiger partial charge in [0.2, 0.25) is 5.95 Å². The number of nitrogens with one attached hydrogen (secondary N) is 1. The van der Waals surface area contributed by atoms with Crippen molar-refractivity contribution < 1.29 is 0 Å². The molecule has 0 radical (unpaired) electrons. The van der Waals surface area contributed by atoms with Gasteiger partial charge in [-0.1, -0.05) is 11.6 Å². The Morgan fingerprint density at radius 1 is 1.39 bits per heavy atom. The molecule has 0 atom stereocenters. The fraction of sp³-hybridized carbons (Fsp3) is 0.182. The van der Waals surface area contributed by atoms with E-state index in [0.717, 1.165) is 21.7 Å². The first-order valence-corrected chi connectivity index (χ1v) is 6.60. The van der Waals surface area contributed by atoms with Crippen molar-refractivity contribution in [2.75, 3.05) is 12.4 Å². The molecule has 0 aliphatic rings. The van der Waals surface area contributed by atoms with E-state index in [0.29, 0.717) is 11.0 Å². The fourth-order valence-electron chi connectivity index (χ4n) is 1.67. The Labute approximate surface area is 112 Å². The zero-order valence-corrected chi connectivity index (χ0v) is 11.4. The second-order valence-electron chi connectivity index (χ2n) is 3.77. The van der Waals surface area contributed by atoms with Crippen molar-refractivity contribution in [3.8, 4) is 5.82 Å². The summed E-state index contributed by atoms with van der Waals surface area (Å²) in [6, 6.07) is 1.99. The second kappa shape index (κ2) is 4.22. The van der Waals surface area contributed by atoms with Crippen molar-refractivity contribution >= 4 is 39.1 Å². The van der Waals surface area contributed by atoms with E-state index in [1.54, 1.807) is 29.3 Å². The van der Waals surface area contributed by atoms with Crippen molar-refractivity contribution in [2.24, 2.45) is 0 Å². The lowest BCUT2D eigenvalue weighted by molar-refractivity contribution is 0.838. The Morgan fingerprint density at radius 2 is 2.22 bits per heavy atom. The van der Waals surface area contributed by atoms with Gasteiger partial charge < -0.3 is 5.32 Å². The Kier molecular flexibility index (Phi) is 2.68. The van der Waals surface area contributed by atoms with E-state index in [1.165, 1.54) is 0 Å². The maximum Gasteiger partial charge on any atom is 0.225 e. The van der Waals surface area contributed by atoms with Gasteiger partial charge >= 0.3 is 0 Å². The number of rotatable bonds is 2. The van der Waals surface area contributed by atoms with E-state index in [2.05, 4.69) is 20.4 Å². The van der Waals surface area contributed by atoms with Gasteiger partial charge in [0.1, 0.15) is 4.83 Å². The van der Waals surface area contributed by atoms with Crippen molar-refractivity contribution in [1.82, 2.24) is 19.7 Å². The summed E-state index contributed by atoms with van der Waals surface area (Å²) in [5.74, 6) is 1.31. The molecular formula is C11H10ClN5S. The molecule has 18 heavy (non-hydrogen) atoms. The number of thiophene rings is 1. The van der Waals surface area contributed by atoms with Gasteiger partial charge in [-0.05, 0) is 18.4 Å². The monoisotopic (exact) mass is 279 g/mol. The quantitative estimate of drug-likeness (QED) is 0.784. The topological polar surface area (TPSA) is 55.6 Å². The molecule has 0 bridgehead atoms. The molecule has 0 spiro atoms. The van der Waals surface area contributed by atoms with Crippen molar-refractivity contribution in [2.45, 2.75) is 6.92 Å². The summed E-state index contributed by atoms with van der Waals surface area (Å²) in [4.78, 5) is 9.76. The highest BCUT2D eigenvalue weighted by Crippen LogP contribution is 2.26. The van der Waals surface area contributed by atoms with Crippen LogP contribution in [0.4, 0.5) is 5.95 Å². The Balaban J connectivity index is 2.29. The Morgan fingerprint density at radius 3 is 2.89 bits per heavy atom. The minimum Gasteiger partial charge on any atom is -0.357 e. The number of aromatic nitrogens is 4. The summed E-state index contributed by atoms with van der Waals surface area (Å²) >= 11 is 7.61. The molecule has 7 heteroatoms. The first-order chi connectivity index (χ1) is 8.69. The molecule has 5 nitrogen and oxygen atoms in total. The molecule has 3 aromatic rings. The lowest BCUT2D eigenvalue weighted by Gasteiger charge is -2.05. The van der Waals surface area contributed by atoms with Gasteiger partial charge in [-0.2, -0.15) is 10.1 Å². The highest BCUT2D eigenvalue weighted by Gasteiger charge is 2.12. The number of hydrogen-bond donors (Lipinski definition) is 1. The van der Waals surface area contributed by atoms with Crippen LogP contribution in [0.5, 0.6) is 0 Å². The summed E-state index contributed by atoms with van der Waals surface area (Å²) in [7, 11) is 1.79. The van der Waals surface area contributed by atoms with E-state index in [9.17, 15) is 0 Å². The Hall–Kier alpha value is -1.66. The van der Waals surface area contributed by atoms with Crippen LogP contribution in [0.1, 0.15) is 5.69 Å². The molecule has 3 rings (SSSR count). The highest BCUT2D eigenvalue weighted by molar-refractivity contribution is 7.16. The molecule has 92 valence electrons. The summed E-state index contributed by atoms with van der Waals surface area (Å²) in [6.07, 6.45) is 1.76. The molecular weight excluding hydrogens is 270 g/mol. The number of nitrogens with zero attached hydrogens (tertiary/aromatic N) is 4. The van der Waals surface area contributed by atoms with Gasteiger partial charge in [0.05, 0.1) is 22.3 Å². The molecule has 0 aliphatic carbocycles. The van der Waals surface area contributed by atoms with E-state index in [-0.39, 0.29) is 0 Å². The zero-order chi connectivity index (χ0) is 12.7. The molecule has 0 aromatic carbocycles. The summed E-state index contributed by atoms with van der Waals surface area (Å²) in [6.45, 7) is 1.86. The Bertz CT molecular complexity index is 698. The predicted octanol–water partition coefficient (Wildman–Crippen LogP) is 2.88. The van der Waals surface area contributed by atoms with Crippen molar-refractivity contribution in [1.29, 1.82) is 0 Å². The van der Waals surface area contributed by atoms with E-state index in [1.807, 2.05) is 18.4 Å².